The van der Waals surface area contributed by atoms with Gasteiger partial charge in [-0.3, -0.25) is 5.32 Å². The predicted octanol–water partition coefficient (Wildman–Crippen LogP) is 7.75. The van der Waals surface area contributed by atoms with Gasteiger partial charge in [-0.05, 0) is 38.5 Å². The molecule has 0 aromatic rings. The Morgan fingerprint density at radius 3 is 1.19 bits per heavy atom. The molecule has 0 aliphatic rings. The third-order valence-corrected chi connectivity index (χ3v) is 7.14. The number of rotatable bonds is 25. The van der Waals surface area contributed by atoms with E-state index in [1.165, 1.54) is 146 Å². The van der Waals surface area contributed by atoms with Crippen LogP contribution < -0.4 is 5.32 Å². The Labute approximate surface area is 204 Å². The summed E-state index contributed by atoms with van der Waals surface area (Å²) in [5.41, 5.74) is 0. The first-order chi connectivity index (χ1) is 15.3. The lowest BCUT2D eigenvalue weighted by Crippen LogP contribution is -2.47. The molecule has 0 radical (unpaired) electrons. The van der Waals surface area contributed by atoms with Gasteiger partial charge in [-0.15, -0.1) is 0 Å². The van der Waals surface area contributed by atoms with Crippen molar-refractivity contribution in [3.63, 3.8) is 0 Å². The minimum absolute atomic E-state index is 1.12. The molecule has 1 N–H and O–H groups in total. The molecule has 0 unspecified atom stereocenters. The van der Waals surface area contributed by atoms with Gasteiger partial charge in [0, 0.05) is 6.54 Å². The molecule has 0 aliphatic carbocycles. The van der Waals surface area contributed by atoms with Crippen LogP contribution in [0.5, 0.6) is 0 Å². The van der Waals surface area contributed by atoms with E-state index in [1.54, 1.807) is 0 Å². The summed E-state index contributed by atoms with van der Waals surface area (Å²) in [5, 5.41) is 3.73. The molecule has 0 rings (SSSR count). The number of nitrogens with zero attached hydrogens (tertiary/aromatic N) is 2. The van der Waals surface area contributed by atoms with Gasteiger partial charge >= 0.3 is 0 Å². The molecule has 0 aliphatic heterocycles. The summed E-state index contributed by atoms with van der Waals surface area (Å²) in [4.78, 5) is 0. The molecule has 3 heteroatoms. The van der Waals surface area contributed by atoms with Crippen LogP contribution in [0.15, 0.2) is 0 Å². The van der Waals surface area contributed by atoms with E-state index in [1.807, 2.05) is 0 Å². The normalized spacial score (nSPS) is 12.6. The Bertz CT molecular complexity index is 343. The first-order valence-electron chi connectivity index (χ1n) is 14.7. The molecule has 0 fully saturated rings. The van der Waals surface area contributed by atoms with Crippen LogP contribution in [-0.4, -0.2) is 70.0 Å². The molecule has 0 saturated carbocycles. The molecular weight excluding hydrogens is 390 g/mol. The van der Waals surface area contributed by atoms with Gasteiger partial charge < -0.3 is 8.97 Å². The summed E-state index contributed by atoms with van der Waals surface area (Å²) in [6, 6.07) is 0. The van der Waals surface area contributed by atoms with E-state index in [2.05, 4.69) is 47.4 Å². The van der Waals surface area contributed by atoms with Gasteiger partial charge in [0.25, 0.3) is 0 Å². The van der Waals surface area contributed by atoms with E-state index in [-0.39, 0.29) is 0 Å². The van der Waals surface area contributed by atoms with Crippen LogP contribution in [0.3, 0.4) is 0 Å². The van der Waals surface area contributed by atoms with Crippen molar-refractivity contribution in [3.05, 3.63) is 0 Å². The third kappa shape index (κ3) is 23.1. The van der Waals surface area contributed by atoms with Gasteiger partial charge in [0.1, 0.15) is 6.67 Å². The number of nitrogens with one attached hydrogen (secondary N) is 1. The third-order valence-electron chi connectivity index (χ3n) is 7.14. The molecular formula is C29H65N3+2. The van der Waals surface area contributed by atoms with E-state index in [4.69, 9.17) is 0 Å². The zero-order valence-corrected chi connectivity index (χ0v) is 23.7. The standard InChI is InChI=1S/C29H65N3/c1-7-9-11-13-15-17-19-22-26-31(3,4)27-24-21-25-30-29-32(5,6)28-23-20-18-16-14-12-10-8-2/h30H,7-29H2,1-6H3/q+2. The van der Waals surface area contributed by atoms with Crippen LogP contribution in [0.4, 0.5) is 0 Å². The van der Waals surface area contributed by atoms with Crippen molar-refractivity contribution in [2.45, 2.75) is 129 Å². The second-order valence-corrected chi connectivity index (χ2v) is 11.9. The van der Waals surface area contributed by atoms with Gasteiger partial charge in [0.2, 0.25) is 0 Å². The van der Waals surface area contributed by atoms with Gasteiger partial charge in [-0.2, -0.15) is 0 Å². The number of quaternary nitrogens is 2. The number of hydrogen-bond acceptors (Lipinski definition) is 1. The topological polar surface area (TPSA) is 12.0 Å². The van der Waals surface area contributed by atoms with E-state index in [0.29, 0.717) is 0 Å². The minimum Gasteiger partial charge on any atom is -0.328 e. The maximum atomic E-state index is 3.73. The molecule has 0 atom stereocenters. The molecule has 0 saturated heterocycles. The quantitative estimate of drug-likeness (QED) is 0.0842. The average Bonchev–Trinajstić information content (AvgIpc) is 2.74. The average molecular weight is 456 g/mol. The maximum Gasteiger partial charge on any atom is 0.132 e. The van der Waals surface area contributed by atoms with Crippen LogP contribution in [0.25, 0.3) is 0 Å². The second kappa shape index (κ2) is 21.4. The van der Waals surface area contributed by atoms with E-state index < -0.39 is 0 Å². The molecule has 0 heterocycles. The van der Waals surface area contributed by atoms with Crippen LogP contribution in [-0.2, 0) is 0 Å². The molecule has 0 bridgehead atoms. The van der Waals surface area contributed by atoms with Crippen molar-refractivity contribution in [1.82, 2.24) is 5.32 Å². The van der Waals surface area contributed by atoms with Gasteiger partial charge in [-0.1, -0.05) is 90.9 Å². The summed E-state index contributed by atoms with van der Waals surface area (Å²) in [6.07, 6.45) is 25.4. The van der Waals surface area contributed by atoms with E-state index in [9.17, 15) is 0 Å². The molecule has 3 nitrogen and oxygen atoms in total. The lowest BCUT2D eigenvalue weighted by Gasteiger charge is -2.31. The molecule has 194 valence electrons. The van der Waals surface area contributed by atoms with Crippen LogP contribution in [0.1, 0.15) is 129 Å². The van der Waals surface area contributed by atoms with Crippen molar-refractivity contribution in [1.29, 1.82) is 0 Å². The molecule has 0 amide bonds. The second-order valence-electron chi connectivity index (χ2n) is 11.9. The van der Waals surface area contributed by atoms with Crippen molar-refractivity contribution >= 4 is 0 Å². The summed E-state index contributed by atoms with van der Waals surface area (Å²) in [6.45, 7) is 10.9. The Morgan fingerprint density at radius 2 is 0.750 bits per heavy atom. The number of unbranched alkanes of at least 4 members (excludes halogenated alkanes) is 15. The fourth-order valence-electron chi connectivity index (χ4n) is 4.71. The highest BCUT2D eigenvalue weighted by molar-refractivity contribution is 4.49. The largest absolute Gasteiger partial charge is 0.328 e. The predicted molar refractivity (Wildman–Crippen MR) is 146 cm³/mol. The van der Waals surface area contributed by atoms with Crippen molar-refractivity contribution in [2.24, 2.45) is 0 Å². The number of hydrogen-bond donors (Lipinski definition) is 1. The lowest BCUT2D eigenvalue weighted by atomic mass is 10.1. The van der Waals surface area contributed by atoms with Crippen LogP contribution >= 0.6 is 0 Å². The zero-order valence-electron chi connectivity index (χ0n) is 23.7. The highest BCUT2D eigenvalue weighted by Crippen LogP contribution is 2.12. The van der Waals surface area contributed by atoms with E-state index >= 15 is 0 Å². The Morgan fingerprint density at radius 1 is 0.406 bits per heavy atom. The van der Waals surface area contributed by atoms with Gasteiger partial charge in [0.15, 0.2) is 0 Å². The maximum absolute atomic E-state index is 3.73. The van der Waals surface area contributed by atoms with E-state index in [0.717, 1.165) is 11.2 Å². The summed E-state index contributed by atoms with van der Waals surface area (Å²) in [5.74, 6) is 0. The molecule has 0 aromatic carbocycles. The Hall–Kier alpha value is -0.120. The highest BCUT2D eigenvalue weighted by atomic mass is 15.4. The monoisotopic (exact) mass is 456 g/mol. The highest BCUT2D eigenvalue weighted by Gasteiger charge is 2.15. The summed E-state index contributed by atoms with van der Waals surface area (Å²) >= 11 is 0. The van der Waals surface area contributed by atoms with Crippen molar-refractivity contribution in [2.75, 3.05) is 61.0 Å². The zero-order chi connectivity index (χ0) is 24.0. The van der Waals surface area contributed by atoms with Crippen LogP contribution in [0, 0.1) is 0 Å². The summed E-state index contributed by atoms with van der Waals surface area (Å²) in [7, 11) is 9.63. The van der Waals surface area contributed by atoms with Gasteiger partial charge in [-0.25, -0.2) is 0 Å². The van der Waals surface area contributed by atoms with Crippen molar-refractivity contribution < 1.29 is 8.97 Å². The first-order valence-corrected chi connectivity index (χ1v) is 14.7. The lowest BCUT2D eigenvalue weighted by molar-refractivity contribution is -0.893. The van der Waals surface area contributed by atoms with Crippen LogP contribution in [0.2, 0.25) is 0 Å². The fourth-order valence-corrected chi connectivity index (χ4v) is 4.71. The Kier molecular flexibility index (Phi) is 21.3. The van der Waals surface area contributed by atoms with Crippen molar-refractivity contribution in [3.8, 4) is 0 Å². The molecule has 32 heavy (non-hydrogen) atoms. The minimum atomic E-state index is 1.12. The smallest absolute Gasteiger partial charge is 0.132 e. The first kappa shape index (κ1) is 31.9. The fraction of sp³-hybridized carbons (Fsp3) is 1.00. The Balaban J connectivity index is 3.56. The summed E-state index contributed by atoms with van der Waals surface area (Å²) < 4.78 is 2.33. The molecule has 0 aromatic heterocycles. The molecule has 0 spiro atoms. The SMILES string of the molecule is CCCCCCCCCC[N+](C)(C)CCCCNC[N+](C)(C)CCCCCCCCCC. The van der Waals surface area contributed by atoms with Gasteiger partial charge in [0.05, 0.1) is 47.8 Å².